The van der Waals surface area contributed by atoms with Gasteiger partial charge in [0.25, 0.3) is 5.91 Å². The minimum Gasteiger partial charge on any atom is -0.354 e. The van der Waals surface area contributed by atoms with Crippen molar-refractivity contribution >= 4 is 21.5 Å². The Labute approximate surface area is 137 Å². The first kappa shape index (κ1) is 17.7. The molecule has 1 aromatic heterocycles. The van der Waals surface area contributed by atoms with Gasteiger partial charge in [0.1, 0.15) is 5.69 Å². The van der Waals surface area contributed by atoms with Crippen molar-refractivity contribution in [3.63, 3.8) is 0 Å². The van der Waals surface area contributed by atoms with Crippen molar-refractivity contribution in [3.8, 4) is 0 Å². The third-order valence-corrected chi connectivity index (χ3v) is 6.18. The molecular weight excluding hydrogens is 316 g/mol. The normalized spacial score (nSPS) is 19.7. The number of H-pyrrole nitrogens is 1. The van der Waals surface area contributed by atoms with Crippen LogP contribution in [0.15, 0.2) is 0 Å². The second-order valence-electron chi connectivity index (χ2n) is 6.26. The van der Waals surface area contributed by atoms with Crippen molar-refractivity contribution in [1.29, 1.82) is 0 Å². The Kier molecular flexibility index (Phi) is 4.98. The van der Waals surface area contributed by atoms with E-state index in [-0.39, 0.29) is 29.2 Å². The van der Waals surface area contributed by atoms with E-state index < -0.39 is 9.84 Å². The van der Waals surface area contributed by atoms with Gasteiger partial charge in [-0.15, -0.1) is 0 Å². The number of sulfone groups is 1. The zero-order valence-electron chi connectivity index (χ0n) is 14.1. The van der Waals surface area contributed by atoms with E-state index in [0.717, 1.165) is 12.0 Å². The summed E-state index contributed by atoms with van der Waals surface area (Å²) < 4.78 is 23.3. The van der Waals surface area contributed by atoms with Gasteiger partial charge < -0.3 is 9.88 Å². The SMILES string of the molecule is CCCc1c(C(=O)N(C)[C@H]2CCS(=O)(=O)C2)[nH]c(C)c1C(C)=O. The highest BCUT2D eigenvalue weighted by molar-refractivity contribution is 7.91. The van der Waals surface area contributed by atoms with Crippen LogP contribution in [0.25, 0.3) is 0 Å². The average Bonchev–Trinajstić information content (AvgIpc) is 2.97. The molecule has 1 N–H and O–H groups in total. The van der Waals surface area contributed by atoms with Crippen molar-refractivity contribution in [3.05, 3.63) is 22.5 Å². The molecule has 1 aromatic rings. The summed E-state index contributed by atoms with van der Waals surface area (Å²) in [6.45, 7) is 5.28. The molecule has 2 rings (SSSR count). The van der Waals surface area contributed by atoms with E-state index in [2.05, 4.69) is 4.98 Å². The van der Waals surface area contributed by atoms with Crippen LogP contribution in [0.5, 0.6) is 0 Å². The largest absolute Gasteiger partial charge is 0.354 e. The van der Waals surface area contributed by atoms with Crippen molar-refractivity contribution in [1.82, 2.24) is 9.88 Å². The Morgan fingerprint density at radius 3 is 2.48 bits per heavy atom. The second-order valence-corrected chi connectivity index (χ2v) is 8.49. The first-order valence-corrected chi connectivity index (χ1v) is 9.70. The lowest BCUT2D eigenvalue weighted by atomic mass is 10.0. The maximum atomic E-state index is 12.8. The van der Waals surface area contributed by atoms with Gasteiger partial charge in [-0.05, 0) is 32.3 Å². The van der Waals surface area contributed by atoms with Gasteiger partial charge in [-0.2, -0.15) is 0 Å². The van der Waals surface area contributed by atoms with E-state index in [0.29, 0.717) is 29.8 Å². The zero-order chi connectivity index (χ0) is 17.4. The van der Waals surface area contributed by atoms with Gasteiger partial charge in [0.2, 0.25) is 0 Å². The molecule has 2 heterocycles. The predicted octanol–water partition coefficient (Wildman–Crippen LogP) is 1.74. The Hall–Kier alpha value is -1.63. The summed E-state index contributed by atoms with van der Waals surface area (Å²) in [5.74, 6) is -0.171. The van der Waals surface area contributed by atoms with Crippen LogP contribution in [-0.2, 0) is 16.3 Å². The number of carbonyl (C=O) groups is 2. The predicted molar refractivity (Wildman–Crippen MR) is 88.7 cm³/mol. The summed E-state index contributed by atoms with van der Waals surface area (Å²) in [7, 11) is -1.42. The van der Waals surface area contributed by atoms with Gasteiger partial charge in [0, 0.05) is 24.3 Å². The molecule has 1 aliphatic heterocycles. The fraction of sp³-hybridized carbons (Fsp3) is 0.625. The molecule has 7 heteroatoms. The van der Waals surface area contributed by atoms with Gasteiger partial charge in [0.15, 0.2) is 15.6 Å². The molecule has 0 aromatic carbocycles. The van der Waals surface area contributed by atoms with E-state index in [4.69, 9.17) is 0 Å². The summed E-state index contributed by atoms with van der Waals surface area (Å²) in [4.78, 5) is 29.2. The molecule has 0 radical (unpaired) electrons. The molecule has 0 unspecified atom stereocenters. The molecule has 6 nitrogen and oxygen atoms in total. The standard InChI is InChI=1S/C16H24N2O4S/c1-5-6-13-14(11(3)19)10(2)17-15(13)16(20)18(4)12-7-8-23(21,22)9-12/h12,17H,5-9H2,1-4H3/t12-/m0/s1. The maximum Gasteiger partial charge on any atom is 0.270 e. The third kappa shape index (κ3) is 3.49. The summed E-state index contributed by atoms with van der Waals surface area (Å²) in [6.07, 6.45) is 1.92. The number of nitrogens with one attached hydrogen (secondary N) is 1. The highest BCUT2D eigenvalue weighted by Crippen LogP contribution is 2.25. The number of hydrogen-bond acceptors (Lipinski definition) is 4. The molecule has 0 aliphatic carbocycles. The second kappa shape index (κ2) is 6.47. The molecule has 1 fully saturated rings. The first-order valence-electron chi connectivity index (χ1n) is 7.88. The van der Waals surface area contributed by atoms with Crippen LogP contribution in [0, 0.1) is 6.92 Å². The molecular formula is C16H24N2O4S. The lowest BCUT2D eigenvalue weighted by Crippen LogP contribution is -2.38. The highest BCUT2D eigenvalue weighted by Gasteiger charge is 2.34. The first-order chi connectivity index (χ1) is 10.7. The molecule has 0 bridgehead atoms. The van der Waals surface area contributed by atoms with E-state index >= 15 is 0 Å². The topological polar surface area (TPSA) is 87.3 Å². The number of aromatic amines is 1. The fourth-order valence-corrected chi connectivity index (χ4v) is 5.03. The van der Waals surface area contributed by atoms with Gasteiger partial charge >= 0.3 is 0 Å². The van der Waals surface area contributed by atoms with Crippen molar-refractivity contribution in [2.45, 2.75) is 46.1 Å². The number of rotatable bonds is 5. The van der Waals surface area contributed by atoms with Gasteiger partial charge in [-0.1, -0.05) is 13.3 Å². The third-order valence-electron chi connectivity index (χ3n) is 4.43. The molecule has 1 saturated heterocycles. The number of hydrogen-bond donors (Lipinski definition) is 1. The van der Waals surface area contributed by atoms with Crippen molar-refractivity contribution < 1.29 is 18.0 Å². The summed E-state index contributed by atoms with van der Waals surface area (Å²) in [5.41, 5.74) is 2.44. The van der Waals surface area contributed by atoms with E-state index in [1.54, 1.807) is 14.0 Å². The smallest absolute Gasteiger partial charge is 0.270 e. The molecule has 0 spiro atoms. The number of ketones is 1. The van der Waals surface area contributed by atoms with E-state index in [9.17, 15) is 18.0 Å². The number of amides is 1. The van der Waals surface area contributed by atoms with Crippen LogP contribution in [-0.4, -0.2) is 54.6 Å². The van der Waals surface area contributed by atoms with Gasteiger partial charge in [-0.25, -0.2) is 8.42 Å². The summed E-state index contributed by atoms with van der Waals surface area (Å²) >= 11 is 0. The fourth-order valence-electron chi connectivity index (χ4n) is 3.26. The lowest BCUT2D eigenvalue weighted by molar-refractivity contribution is 0.0741. The number of aryl methyl sites for hydroxylation is 1. The van der Waals surface area contributed by atoms with Crippen molar-refractivity contribution in [2.24, 2.45) is 0 Å². The molecule has 0 saturated carbocycles. The number of carbonyl (C=O) groups excluding carboxylic acids is 2. The summed E-state index contributed by atoms with van der Waals surface area (Å²) in [6, 6.07) is -0.300. The Morgan fingerprint density at radius 2 is 2.00 bits per heavy atom. The average molecular weight is 340 g/mol. The van der Waals surface area contributed by atoms with E-state index in [1.165, 1.54) is 11.8 Å². The molecule has 23 heavy (non-hydrogen) atoms. The molecule has 128 valence electrons. The van der Waals surface area contributed by atoms with Crippen LogP contribution in [0.1, 0.15) is 58.8 Å². The molecule has 1 atom stereocenters. The monoisotopic (exact) mass is 340 g/mol. The van der Waals surface area contributed by atoms with E-state index in [1.807, 2.05) is 6.92 Å². The molecule has 1 amide bonds. The Morgan fingerprint density at radius 1 is 1.35 bits per heavy atom. The lowest BCUT2D eigenvalue weighted by Gasteiger charge is -2.23. The number of Topliss-reactive ketones (excluding diaryl/α,β-unsaturated/α-hetero) is 1. The minimum atomic E-state index is -3.05. The maximum absolute atomic E-state index is 12.8. The highest BCUT2D eigenvalue weighted by atomic mass is 32.2. The van der Waals surface area contributed by atoms with Crippen LogP contribution in [0.2, 0.25) is 0 Å². The number of nitrogens with zero attached hydrogens (tertiary/aromatic N) is 1. The van der Waals surface area contributed by atoms with Crippen LogP contribution in [0.4, 0.5) is 0 Å². The Balaban J connectivity index is 2.35. The van der Waals surface area contributed by atoms with Crippen molar-refractivity contribution in [2.75, 3.05) is 18.6 Å². The van der Waals surface area contributed by atoms with Crippen LogP contribution < -0.4 is 0 Å². The molecule has 1 aliphatic rings. The summed E-state index contributed by atoms with van der Waals surface area (Å²) in [5, 5.41) is 0. The number of aromatic nitrogens is 1. The quantitative estimate of drug-likeness (QED) is 0.827. The minimum absolute atomic E-state index is 0.0115. The Bertz CT molecular complexity index is 734. The van der Waals surface area contributed by atoms with Crippen LogP contribution >= 0.6 is 0 Å². The zero-order valence-corrected chi connectivity index (χ0v) is 14.9. The van der Waals surface area contributed by atoms with Crippen LogP contribution in [0.3, 0.4) is 0 Å². The van der Waals surface area contributed by atoms with Gasteiger partial charge in [0.05, 0.1) is 11.5 Å². The van der Waals surface area contributed by atoms with Gasteiger partial charge in [-0.3, -0.25) is 9.59 Å².